The van der Waals surface area contributed by atoms with Crippen LogP contribution in [0.4, 0.5) is 5.69 Å². The summed E-state index contributed by atoms with van der Waals surface area (Å²) in [6.07, 6.45) is 4.36. The number of carboxylic acids is 1. The van der Waals surface area contributed by atoms with Crippen LogP contribution in [-0.2, 0) is 9.53 Å². The molecule has 1 unspecified atom stereocenters. The Hall–Kier alpha value is -3.06. The van der Waals surface area contributed by atoms with Crippen LogP contribution < -0.4 is 5.32 Å². The average Bonchev–Trinajstić information content (AvgIpc) is 3.26. The Morgan fingerprint density at radius 2 is 1.81 bits per heavy atom. The minimum absolute atomic E-state index is 0.0155. The highest BCUT2D eigenvalue weighted by Crippen LogP contribution is 2.42. The summed E-state index contributed by atoms with van der Waals surface area (Å²) >= 11 is 6.20. The molecule has 2 aromatic carbocycles. The second-order valence-corrected chi connectivity index (χ2v) is 11.4. The van der Waals surface area contributed by atoms with E-state index in [1.807, 2.05) is 36.4 Å². The minimum atomic E-state index is -0.941. The van der Waals surface area contributed by atoms with Crippen LogP contribution in [0.5, 0.6) is 0 Å². The van der Waals surface area contributed by atoms with Crippen molar-refractivity contribution in [2.24, 2.45) is 16.3 Å². The van der Waals surface area contributed by atoms with Crippen molar-refractivity contribution in [2.75, 3.05) is 13.2 Å². The van der Waals surface area contributed by atoms with Crippen molar-refractivity contribution < 1.29 is 19.4 Å². The summed E-state index contributed by atoms with van der Waals surface area (Å²) in [7, 11) is 0. The van der Waals surface area contributed by atoms with E-state index in [4.69, 9.17) is 26.4 Å². The lowest BCUT2D eigenvalue weighted by Crippen LogP contribution is -2.42. The van der Waals surface area contributed by atoms with Gasteiger partial charge in [0.1, 0.15) is 6.61 Å². The Bertz CT molecular complexity index is 1130. The largest absolute Gasteiger partial charge is 0.481 e. The van der Waals surface area contributed by atoms with Crippen LogP contribution in [0, 0.1) is 11.3 Å². The van der Waals surface area contributed by atoms with Crippen LogP contribution in [-0.4, -0.2) is 47.1 Å². The lowest BCUT2D eigenvalue weighted by atomic mass is 9.71. The first kappa shape index (κ1) is 27.0. The van der Waals surface area contributed by atoms with Crippen molar-refractivity contribution >= 4 is 35.2 Å². The molecule has 2 aliphatic rings. The minimum Gasteiger partial charge on any atom is -0.481 e. The molecule has 1 aliphatic heterocycles. The number of carbonyl (C=O) groups excluding carboxylic acids is 1. The highest BCUT2D eigenvalue weighted by molar-refractivity contribution is 6.30. The third-order valence-electron chi connectivity index (χ3n) is 7.46. The van der Waals surface area contributed by atoms with Gasteiger partial charge in [-0.05, 0) is 72.9 Å². The lowest BCUT2D eigenvalue weighted by Gasteiger charge is -2.41. The quantitative estimate of drug-likeness (QED) is 0.448. The monoisotopic (exact) mass is 525 g/mol. The second-order valence-electron chi connectivity index (χ2n) is 11.0. The van der Waals surface area contributed by atoms with Gasteiger partial charge in [-0.3, -0.25) is 9.59 Å². The third kappa shape index (κ3) is 6.83. The molecule has 0 radical (unpaired) electrons. The summed E-state index contributed by atoms with van der Waals surface area (Å²) in [5.74, 6) is -0.530. The van der Waals surface area contributed by atoms with E-state index in [0.717, 1.165) is 36.9 Å². The molecule has 0 aromatic heterocycles. The number of carbonyl (C=O) groups is 2. The number of ether oxygens (including phenoxy) is 1. The first-order valence-electron chi connectivity index (χ1n) is 13.0. The van der Waals surface area contributed by atoms with Crippen LogP contribution in [0.3, 0.4) is 0 Å². The maximum atomic E-state index is 12.4. The number of hydrogen-bond acceptors (Lipinski definition) is 4. The smallest absolute Gasteiger partial charge is 0.305 e. The molecule has 4 rings (SSSR count). The van der Waals surface area contributed by atoms with E-state index >= 15 is 0 Å². The number of amidine groups is 1. The fraction of sp³-hybridized carbons (Fsp3) is 0.483. The summed E-state index contributed by atoms with van der Waals surface area (Å²) in [6, 6.07) is 15.8. The zero-order chi connectivity index (χ0) is 26.6. The van der Waals surface area contributed by atoms with Crippen LogP contribution in [0.15, 0.2) is 53.5 Å². The van der Waals surface area contributed by atoms with Gasteiger partial charge in [0.25, 0.3) is 11.9 Å². The number of nitrogens with one attached hydrogen (secondary N) is 1. The predicted octanol–water partition coefficient (Wildman–Crippen LogP) is 6.21. The third-order valence-corrected chi connectivity index (χ3v) is 7.69. The summed E-state index contributed by atoms with van der Waals surface area (Å²) in [4.78, 5) is 30.3. The Morgan fingerprint density at radius 1 is 1.11 bits per heavy atom. The molecule has 7 nitrogen and oxygen atoms in total. The van der Waals surface area contributed by atoms with Crippen molar-refractivity contribution in [1.82, 2.24) is 10.2 Å². The van der Waals surface area contributed by atoms with E-state index in [1.54, 1.807) is 12.1 Å². The molecule has 1 amide bonds. The maximum Gasteiger partial charge on any atom is 0.305 e. The number of aliphatic carboxylic acids is 1. The molecule has 1 heterocycles. The molecular formula is C29H36ClN3O4. The fourth-order valence-corrected chi connectivity index (χ4v) is 5.50. The second kappa shape index (κ2) is 11.5. The van der Waals surface area contributed by atoms with Gasteiger partial charge in [-0.15, -0.1) is 0 Å². The molecule has 2 N–H and O–H groups in total. The summed E-state index contributed by atoms with van der Waals surface area (Å²) < 4.78 is 6.17. The Kier molecular flexibility index (Phi) is 8.42. The summed E-state index contributed by atoms with van der Waals surface area (Å²) in [5, 5.41) is 12.1. The van der Waals surface area contributed by atoms with Gasteiger partial charge < -0.3 is 20.1 Å². The summed E-state index contributed by atoms with van der Waals surface area (Å²) in [5.41, 5.74) is 2.60. The van der Waals surface area contributed by atoms with E-state index in [9.17, 15) is 9.59 Å². The molecule has 2 fully saturated rings. The Balaban J connectivity index is 1.55. The number of benzene rings is 2. The zero-order valence-corrected chi connectivity index (χ0v) is 22.5. The molecule has 1 saturated heterocycles. The van der Waals surface area contributed by atoms with Gasteiger partial charge in [-0.2, -0.15) is 4.99 Å². The van der Waals surface area contributed by atoms with E-state index < -0.39 is 5.97 Å². The topological polar surface area (TPSA) is 91.2 Å². The molecule has 8 heteroatoms. The number of aliphatic imine (C=N–C) groups is 1. The lowest BCUT2D eigenvalue weighted by molar-refractivity contribution is -0.136. The van der Waals surface area contributed by atoms with Gasteiger partial charge in [0.05, 0.1) is 18.2 Å². The number of hydrogen-bond donors (Lipinski definition) is 2. The van der Waals surface area contributed by atoms with Crippen molar-refractivity contribution in [1.29, 1.82) is 0 Å². The van der Waals surface area contributed by atoms with Crippen molar-refractivity contribution in [3.63, 3.8) is 0 Å². The normalized spacial score (nSPS) is 23.1. The van der Waals surface area contributed by atoms with Crippen molar-refractivity contribution in [3.8, 4) is 0 Å². The van der Waals surface area contributed by atoms with Crippen LogP contribution in [0.25, 0.3) is 0 Å². The van der Waals surface area contributed by atoms with Gasteiger partial charge in [0, 0.05) is 23.2 Å². The van der Waals surface area contributed by atoms with E-state index in [1.165, 1.54) is 0 Å². The molecule has 37 heavy (non-hydrogen) atoms. The van der Waals surface area contributed by atoms with E-state index in [2.05, 4.69) is 31.0 Å². The van der Waals surface area contributed by atoms with Gasteiger partial charge in [-0.25, -0.2) is 0 Å². The number of nitrogens with zero attached hydrogens (tertiary/aromatic N) is 2. The number of carboxylic acid groups (broad SMARTS) is 1. The molecule has 0 spiro atoms. The Labute approximate surface area is 223 Å². The molecule has 1 aliphatic carbocycles. The number of rotatable bonds is 7. The molecule has 2 aromatic rings. The Morgan fingerprint density at radius 3 is 2.43 bits per heavy atom. The van der Waals surface area contributed by atoms with Gasteiger partial charge in [-0.1, -0.05) is 50.6 Å². The number of amides is 1. The zero-order valence-electron chi connectivity index (χ0n) is 21.7. The number of halogens is 1. The standard InChI is InChI=1S/C29H36ClN3O4/c1-29(2,3)21-11-13-24(14-12-21)33-25(18-37-28(33)32-23-6-4-5-22(30)17-23)19-7-9-20(10-8-19)27(36)31-16-15-26(34)35/h4-10,17,21,24-25H,11-16,18H2,1-3H3,(H,31,36)(H,34,35)/b32-28-. The summed E-state index contributed by atoms with van der Waals surface area (Å²) in [6.45, 7) is 7.55. The van der Waals surface area contributed by atoms with Gasteiger partial charge >= 0.3 is 5.97 Å². The highest BCUT2D eigenvalue weighted by atomic mass is 35.5. The van der Waals surface area contributed by atoms with Crippen LogP contribution in [0.1, 0.15) is 74.8 Å². The molecule has 1 atom stereocenters. The maximum absolute atomic E-state index is 12.4. The SMILES string of the molecule is CC(C)(C)C1CCC(N2/C(=N/c3cccc(Cl)c3)OCC2c2ccc(C(=O)NCCC(=O)O)cc2)CC1. The molecule has 0 bridgehead atoms. The van der Waals surface area contributed by atoms with Crippen molar-refractivity contribution in [3.05, 3.63) is 64.7 Å². The molecule has 198 valence electrons. The van der Waals surface area contributed by atoms with Gasteiger partial charge in [0.2, 0.25) is 0 Å². The molecule has 1 saturated carbocycles. The van der Waals surface area contributed by atoms with Crippen LogP contribution >= 0.6 is 11.6 Å². The molecular weight excluding hydrogens is 490 g/mol. The highest BCUT2D eigenvalue weighted by Gasteiger charge is 2.40. The van der Waals surface area contributed by atoms with Crippen molar-refractivity contribution in [2.45, 2.75) is 65.0 Å². The van der Waals surface area contributed by atoms with Crippen LogP contribution in [0.2, 0.25) is 5.02 Å². The fourth-order valence-electron chi connectivity index (χ4n) is 5.32. The predicted molar refractivity (Wildman–Crippen MR) is 145 cm³/mol. The van der Waals surface area contributed by atoms with E-state index in [-0.39, 0.29) is 24.9 Å². The first-order valence-corrected chi connectivity index (χ1v) is 13.3. The van der Waals surface area contributed by atoms with E-state index in [0.29, 0.717) is 40.6 Å². The average molecular weight is 526 g/mol. The van der Waals surface area contributed by atoms with Gasteiger partial charge in [0.15, 0.2) is 0 Å². The first-order chi connectivity index (χ1) is 17.6.